The van der Waals surface area contributed by atoms with Crippen LogP contribution in [0.2, 0.25) is 5.02 Å². The molecule has 0 fully saturated rings. The number of amides is 1. The maximum Gasteiger partial charge on any atom is 0.230 e. The molecule has 0 spiro atoms. The molecule has 0 saturated heterocycles. The van der Waals surface area contributed by atoms with Crippen LogP contribution in [0.25, 0.3) is 11.3 Å². The minimum atomic E-state index is -0.543. The summed E-state index contributed by atoms with van der Waals surface area (Å²) in [5, 5.41) is 6.48. The van der Waals surface area contributed by atoms with E-state index in [4.69, 9.17) is 20.9 Å². The molecule has 0 unspecified atom stereocenters. The van der Waals surface area contributed by atoms with Gasteiger partial charge in [0.05, 0.1) is 24.2 Å². The van der Waals surface area contributed by atoms with Crippen LogP contribution in [0.5, 0.6) is 5.75 Å². The Hall–Kier alpha value is -2.86. The van der Waals surface area contributed by atoms with Gasteiger partial charge in [-0.15, -0.1) is 0 Å². The minimum absolute atomic E-state index is 0.0163. The Morgan fingerprint density at radius 3 is 2.88 bits per heavy atom. The molecule has 0 saturated carbocycles. The van der Waals surface area contributed by atoms with Gasteiger partial charge in [0.2, 0.25) is 5.91 Å². The van der Waals surface area contributed by atoms with E-state index in [0.717, 1.165) is 5.56 Å². The lowest BCUT2D eigenvalue weighted by molar-refractivity contribution is -0.115. The molecular weight excluding hydrogens is 347 g/mol. The molecule has 3 aromatic rings. The Kier molecular flexibility index (Phi) is 5.00. The van der Waals surface area contributed by atoms with E-state index < -0.39 is 5.82 Å². The molecule has 0 bridgehead atoms. The number of halogens is 2. The van der Waals surface area contributed by atoms with Gasteiger partial charge in [-0.25, -0.2) is 4.39 Å². The van der Waals surface area contributed by atoms with E-state index in [9.17, 15) is 9.18 Å². The fraction of sp³-hybridized carbons (Fsp3) is 0.111. The number of hydrogen-bond acceptors (Lipinski definition) is 4. The van der Waals surface area contributed by atoms with Crippen LogP contribution in [0.1, 0.15) is 5.69 Å². The zero-order chi connectivity index (χ0) is 17.8. The summed E-state index contributed by atoms with van der Waals surface area (Å²) >= 11 is 5.69. The van der Waals surface area contributed by atoms with Crippen molar-refractivity contribution in [2.45, 2.75) is 6.42 Å². The second kappa shape index (κ2) is 7.36. The molecule has 1 N–H and O–H groups in total. The van der Waals surface area contributed by atoms with Crippen molar-refractivity contribution >= 4 is 23.2 Å². The predicted octanol–water partition coefficient (Wildman–Crippen LogP) is 4.32. The van der Waals surface area contributed by atoms with Crippen LogP contribution in [0.3, 0.4) is 0 Å². The summed E-state index contributed by atoms with van der Waals surface area (Å²) in [6.07, 6.45) is 0.0163. The highest BCUT2D eigenvalue weighted by atomic mass is 35.5. The lowest BCUT2D eigenvalue weighted by Crippen LogP contribution is -2.14. The van der Waals surface area contributed by atoms with E-state index in [2.05, 4.69) is 10.5 Å². The topological polar surface area (TPSA) is 64.4 Å². The highest BCUT2D eigenvalue weighted by Crippen LogP contribution is 2.25. The highest BCUT2D eigenvalue weighted by molar-refractivity contribution is 6.31. The van der Waals surface area contributed by atoms with Crippen molar-refractivity contribution in [3.05, 3.63) is 65.1 Å². The third kappa shape index (κ3) is 4.16. The Morgan fingerprint density at radius 2 is 2.12 bits per heavy atom. The molecule has 1 heterocycles. The summed E-state index contributed by atoms with van der Waals surface area (Å²) in [5.74, 6) is 0.375. The number of aromatic nitrogens is 1. The molecule has 0 aliphatic heterocycles. The smallest absolute Gasteiger partial charge is 0.230 e. The summed E-state index contributed by atoms with van der Waals surface area (Å²) < 4.78 is 23.6. The van der Waals surface area contributed by atoms with E-state index >= 15 is 0 Å². The van der Waals surface area contributed by atoms with Crippen LogP contribution in [0.4, 0.5) is 10.1 Å². The van der Waals surface area contributed by atoms with Gasteiger partial charge in [-0.2, -0.15) is 0 Å². The van der Waals surface area contributed by atoms with Crippen molar-refractivity contribution in [2.24, 2.45) is 0 Å². The van der Waals surface area contributed by atoms with Crippen molar-refractivity contribution in [1.29, 1.82) is 0 Å². The molecule has 0 aliphatic rings. The molecule has 2 aromatic carbocycles. The maximum atomic E-state index is 13.1. The van der Waals surface area contributed by atoms with Crippen molar-refractivity contribution in [1.82, 2.24) is 5.16 Å². The number of nitrogens with one attached hydrogen (secondary N) is 1. The van der Waals surface area contributed by atoms with Gasteiger partial charge in [-0.05, 0) is 30.3 Å². The molecule has 1 amide bonds. The van der Waals surface area contributed by atoms with Crippen LogP contribution in [0, 0.1) is 5.82 Å². The number of ether oxygens (including phenoxy) is 1. The number of carbonyl (C=O) groups excluding carboxylic acids is 1. The molecule has 5 nitrogen and oxygen atoms in total. The van der Waals surface area contributed by atoms with Crippen LogP contribution in [-0.2, 0) is 11.2 Å². The fourth-order valence-electron chi connectivity index (χ4n) is 2.25. The summed E-state index contributed by atoms with van der Waals surface area (Å²) in [4.78, 5) is 12.1. The molecule has 128 valence electrons. The van der Waals surface area contributed by atoms with E-state index in [0.29, 0.717) is 22.9 Å². The second-order valence-electron chi connectivity index (χ2n) is 5.27. The second-order valence-corrected chi connectivity index (χ2v) is 5.68. The van der Waals surface area contributed by atoms with Crippen molar-refractivity contribution in [2.75, 3.05) is 12.4 Å². The Balaban J connectivity index is 1.68. The molecule has 25 heavy (non-hydrogen) atoms. The van der Waals surface area contributed by atoms with Gasteiger partial charge in [-0.3, -0.25) is 4.79 Å². The lowest BCUT2D eigenvalue weighted by Gasteiger charge is -2.04. The van der Waals surface area contributed by atoms with Gasteiger partial charge in [0.15, 0.2) is 5.76 Å². The van der Waals surface area contributed by atoms with Crippen molar-refractivity contribution in [3.63, 3.8) is 0 Å². The average molecular weight is 361 g/mol. The monoisotopic (exact) mass is 360 g/mol. The van der Waals surface area contributed by atoms with E-state index in [1.807, 2.05) is 24.3 Å². The van der Waals surface area contributed by atoms with Gasteiger partial charge in [0.1, 0.15) is 11.6 Å². The first kappa shape index (κ1) is 17.0. The van der Waals surface area contributed by atoms with Gasteiger partial charge in [0.25, 0.3) is 0 Å². The normalized spacial score (nSPS) is 10.5. The zero-order valence-corrected chi connectivity index (χ0v) is 14.0. The number of nitrogens with zero attached hydrogens (tertiary/aromatic N) is 1. The number of rotatable bonds is 5. The molecule has 0 aliphatic carbocycles. The number of benzene rings is 2. The van der Waals surface area contributed by atoms with Crippen LogP contribution < -0.4 is 10.1 Å². The standard InChI is InChI=1S/C18H14ClFN2O3/c1-24-14-4-2-3-11(7-14)17-9-13(22-25-17)10-18(23)21-12-5-6-16(20)15(19)8-12/h2-9H,10H2,1H3,(H,21,23). The molecule has 0 atom stereocenters. The summed E-state index contributed by atoms with van der Waals surface area (Å²) in [5.41, 5.74) is 1.68. The third-order valence-corrected chi connectivity index (χ3v) is 3.75. The van der Waals surface area contributed by atoms with Crippen molar-refractivity contribution in [3.8, 4) is 17.1 Å². The van der Waals surface area contributed by atoms with E-state index in [1.54, 1.807) is 13.2 Å². The zero-order valence-electron chi connectivity index (χ0n) is 13.3. The van der Waals surface area contributed by atoms with Crippen LogP contribution in [-0.4, -0.2) is 18.2 Å². The summed E-state index contributed by atoms with van der Waals surface area (Å²) in [7, 11) is 1.58. The predicted molar refractivity (Wildman–Crippen MR) is 92.2 cm³/mol. The van der Waals surface area contributed by atoms with Crippen molar-refractivity contribution < 1.29 is 18.4 Å². The first-order valence-electron chi connectivity index (χ1n) is 7.40. The van der Waals surface area contributed by atoms with Gasteiger partial charge >= 0.3 is 0 Å². The molecular formula is C18H14ClFN2O3. The summed E-state index contributed by atoms with van der Waals surface area (Å²) in [6, 6.07) is 13.0. The van der Waals surface area contributed by atoms with E-state index in [-0.39, 0.29) is 17.4 Å². The maximum absolute atomic E-state index is 13.1. The average Bonchev–Trinajstić information content (AvgIpc) is 3.06. The Labute approximate surface area is 148 Å². The minimum Gasteiger partial charge on any atom is -0.497 e. The van der Waals surface area contributed by atoms with Gasteiger partial charge in [-0.1, -0.05) is 28.9 Å². The van der Waals surface area contributed by atoms with E-state index in [1.165, 1.54) is 18.2 Å². The highest BCUT2D eigenvalue weighted by Gasteiger charge is 2.12. The molecule has 1 aromatic heterocycles. The number of carbonyl (C=O) groups is 1. The van der Waals surface area contributed by atoms with Gasteiger partial charge < -0.3 is 14.6 Å². The quantitative estimate of drug-likeness (QED) is 0.735. The van der Waals surface area contributed by atoms with Gasteiger partial charge in [0, 0.05) is 17.3 Å². The first-order valence-corrected chi connectivity index (χ1v) is 7.78. The fourth-order valence-corrected chi connectivity index (χ4v) is 2.43. The third-order valence-electron chi connectivity index (χ3n) is 3.46. The molecule has 3 rings (SSSR count). The lowest BCUT2D eigenvalue weighted by atomic mass is 10.1. The molecule has 7 heteroatoms. The van der Waals surface area contributed by atoms with Crippen LogP contribution in [0.15, 0.2) is 53.1 Å². The SMILES string of the molecule is COc1cccc(-c2cc(CC(=O)Nc3ccc(F)c(Cl)c3)no2)c1. The number of anilines is 1. The van der Waals surface area contributed by atoms with Crippen LogP contribution >= 0.6 is 11.6 Å². The Morgan fingerprint density at radius 1 is 1.28 bits per heavy atom. The molecule has 0 radical (unpaired) electrons. The number of hydrogen-bond donors (Lipinski definition) is 1. The number of methoxy groups -OCH3 is 1. The first-order chi connectivity index (χ1) is 12.0. The largest absolute Gasteiger partial charge is 0.497 e. The Bertz CT molecular complexity index is 911. The summed E-state index contributed by atoms with van der Waals surface area (Å²) in [6.45, 7) is 0.